The van der Waals surface area contributed by atoms with E-state index in [-0.39, 0.29) is 17.4 Å². The van der Waals surface area contributed by atoms with Crippen LogP contribution in [0.1, 0.15) is 17.5 Å². The van der Waals surface area contributed by atoms with Crippen LogP contribution in [0.4, 0.5) is 18.9 Å². The van der Waals surface area contributed by atoms with Crippen molar-refractivity contribution in [2.45, 2.75) is 32.5 Å². The fourth-order valence-corrected chi connectivity index (χ4v) is 3.53. The van der Waals surface area contributed by atoms with Crippen molar-refractivity contribution in [2.75, 3.05) is 18.4 Å². The maximum Gasteiger partial charge on any atom is 0.220 e. The Morgan fingerprint density at radius 1 is 1.14 bits per heavy atom. The predicted molar refractivity (Wildman–Crippen MR) is 106 cm³/mol. The molecule has 1 aromatic carbocycles. The van der Waals surface area contributed by atoms with E-state index in [1.807, 2.05) is 0 Å². The second-order valence-corrected chi connectivity index (χ2v) is 7.38. The number of nitrogens with one attached hydrogen (secondary N) is 2. The van der Waals surface area contributed by atoms with E-state index in [0.29, 0.717) is 35.5 Å². The summed E-state index contributed by atoms with van der Waals surface area (Å²) in [5.41, 5.74) is 3.29. The molecule has 2 N–H and O–H groups in total. The van der Waals surface area contributed by atoms with Gasteiger partial charge in [0, 0.05) is 23.9 Å². The third kappa shape index (κ3) is 3.98. The van der Waals surface area contributed by atoms with Crippen LogP contribution in [-0.2, 0) is 0 Å². The molecule has 1 aliphatic heterocycles. The molecular formula is C21H22F3N5. The molecule has 3 aromatic rings. The van der Waals surface area contributed by atoms with Crippen molar-refractivity contribution in [3.05, 3.63) is 59.7 Å². The molecule has 8 heteroatoms. The number of aromatic nitrogens is 3. The van der Waals surface area contributed by atoms with Gasteiger partial charge in [0.25, 0.3) is 0 Å². The number of alkyl halides is 1. The molecule has 2 atom stereocenters. The number of rotatable bonds is 4. The maximum atomic E-state index is 14.4. The Labute approximate surface area is 167 Å². The minimum absolute atomic E-state index is 0.266. The van der Waals surface area contributed by atoms with E-state index in [4.69, 9.17) is 0 Å². The molecule has 5 nitrogen and oxygen atoms in total. The van der Waals surface area contributed by atoms with Crippen molar-refractivity contribution in [3.8, 4) is 16.8 Å². The Morgan fingerprint density at radius 2 is 1.97 bits per heavy atom. The highest BCUT2D eigenvalue weighted by molar-refractivity contribution is 5.67. The second-order valence-electron chi connectivity index (χ2n) is 7.38. The van der Waals surface area contributed by atoms with Gasteiger partial charge in [0.2, 0.25) is 5.95 Å². The Bertz CT molecular complexity index is 1030. The molecule has 152 valence electrons. The van der Waals surface area contributed by atoms with Crippen molar-refractivity contribution >= 4 is 5.69 Å². The molecule has 4 rings (SSSR count). The molecule has 2 unspecified atom stereocenters. The molecule has 2 aromatic heterocycles. The molecule has 1 fully saturated rings. The van der Waals surface area contributed by atoms with Gasteiger partial charge in [-0.2, -0.15) is 9.49 Å². The number of benzene rings is 1. The van der Waals surface area contributed by atoms with Gasteiger partial charge in [0.1, 0.15) is 12.0 Å². The van der Waals surface area contributed by atoms with Crippen LogP contribution >= 0.6 is 0 Å². The Morgan fingerprint density at radius 3 is 2.76 bits per heavy atom. The number of piperidine rings is 1. The molecule has 1 saturated heterocycles. The van der Waals surface area contributed by atoms with Gasteiger partial charge in [0.05, 0.1) is 29.8 Å². The zero-order chi connectivity index (χ0) is 20.5. The SMILES string of the molecule is Cc1cc(-n2cc(-c3cc(NC4CCNCC4F)cnc3F)cn2)c(C)cc1F. The lowest BCUT2D eigenvalue weighted by Gasteiger charge is -2.28. The summed E-state index contributed by atoms with van der Waals surface area (Å²) >= 11 is 0. The maximum absolute atomic E-state index is 14.4. The first-order valence-electron chi connectivity index (χ1n) is 9.51. The predicted octanol–water partition coefficient (Wildman–Crippen LogP) is 3.94. The van der Waals surface area contributed by atoms with Gasteiger partial charge in [-0.25, -0.2) is 18.4 Å². The molecule has 0 spiro atoms. The number of anilines is 1. The molecular weight excluding hydrogens is 379 g/mol. The third-order valence-corrected chi connectivity index (χ3v) is 5.22. The largest absolute Gasteiger partial charge is 0.378 e. The van der Waals surface area contributed by atoms with Crippen LogP contribution in [-0.4, -0.2) is 40.1 Å². The van der Waals surface area contributed by atoms with Crippen LogP contribution in [0.2, 0.25) is 0 Å². The van der Waals surface area contributed by atoms with Crippen molar-refractivity contribution in [3.63, 3.8) is 0 Å². The lowest BCUT2D eigenvalue weighted by atomic mass is 10.0. The number of halogens is 3. The average Bonchev–Trinajstić information content (AvgIpc) is 3.17. The van der Waals surface area contributed by atoms with Gasteiger partial charge in [0.15, 0.2) is 0 Å². The number of pyridine rings is 1. The van der Waals surface area contributed by atoms with Gasteiger partial charge in [-0.15, -0.1) is 0 Å². The molecule has 0 saturated carbocycles. The zero-order valence-corrected chi connectivity index (χ0v) is 16.2. The van der Waals surface area contributed by atoms with E-state index in [0.717, 1.165) is 12.1 Å². The minimum atomic E-state index is -1.02. The van der Waals surface area contributed by atoms with Crippen LogP contribution < -0.4 is 10.6 Å². The van der Waals surface area contributed by atoms with Gasteiger partial charge in [-0.05, 0) is 56.1 Å². The molecule has 1 aliphatic rings. The van der Waals surface area contributed by atoms with Crippen LogP contribution in [0, 0.1) is 25.6 Å². The van der Waals surface area contributed by atoms with E-state index >= 15 is 0 Å². The van der Waals surface area contributed by atoms with Crippen LogP contribution in [0.5, 0.6) is 0 Å². The molecule has 0 aliphatic carbocycles. The summed E-state index contributed by atoms with van der Waals surface area (Å²) in [7, 11) is 0. The fourth-order valence-electron chi connectivity index (χ4n) is 3.53. The Kier molecular flexibility index (Phi) is 5.27. The summed E-state index contributed by atoms with van der Waals surface area (Å²) in [5, 5.41) is 10.4. The van der Waals surface area contributed by atoms with E-state index in [9.17, 15) is 13.2 Å². The Balaban J connectivity index is 1.63. The van der Waals surface area contributed by atoms with Crippen molar-refractivity contribution in [1.82, 2.24) is 20.1 Å². The average molecular weight is 401 g/mol. The smallest absolute Gasteiger partial charge is 0.220 e. The third-order valence-electron chi connectivity index (χ3n) is 5.22. The van der Waals surface area contributed by atoms with Gasteiger partial charge < -0.3 is 10.6 Å². The molecule has 0 bridgehead atoms. The molecule has 0 radical (unpaired) electrons. The number of hydrogen-bond acceptors (Lipinski definition) is 4. The monoisotopic (exact) mass is 401 g/mol. The highest BCUT2D eigenvalue weighted by atomic mass is 19.1. The summed E-state index contributed by atoms with van der Waals surface area (Å²) in [5.74, 6) is -0.916. The first kappa shape index (κ1) is 19.4. The lowest BCUT2D eigenvalue weighted by Crippen LogP contribution is -2.45. The van der Waals surface area contributed by atoms with E-state index < -0.39 is 12.1 Å². The topological polar surface area (TPSA) is 54.8 Å². The Hall–Kier alpha value is -2.87. The molecule has 0 amide bonds. The van der Waals surface area contributed by atoms with Crippen LogP contribution in [0.25, 0.3) is 16.8 Å². The lowest BCUT2D eigenvalue weighted by molar-refractivity contribution is 0.245. The van der Waals surface area contributed by atoms with Gasteiger partial charge in [-0.3, -0.25) is 0 Å². The van der Waals surface area contributed by atoms with Crippen LogP contribution in [0.3, 0.4) is 0 Å². The normalized spacial score (nSPS) is 19.3. The highest BCUT2D eigenvalue weighted by Crippen LogP contribution is 2.27. The van der Waals surface area contributed by atoms with Gasteiger partial charge in [-0.1, -0.05) is 0 Å². The first-order valence-corrected chi connectivity index (χ1v) is 9.51. The minimum Gasteiger partial charge on any atom is -0.378 e. The number of nitrogens with zero attached hydrogens (tertiary/aromatic N) is 3. The highest BCUT2D eigenvalue weighted by Gasteiger charge is 2.24. The van der Waals surface area contributed by atoms with Crippen molar-refractivity contribution < 1.29 is 13.2 Å². The van der Waals surface area contributed by atoms with E-state index in [1.165, 1.54) is 18.5 Å². The van der Waals surface area contributed by atoms with E-state index in [1.54, 1.807) is 36.9 Å². The quantitative estimate of drug-likeness (QED) is 0.651. The summed E-state index contributed by atoms with van der Waals surface area (Å²) in [4.78, 5) is 3.82. The summed E-state index contributed by atoms with van der Waals surface area (Å²) in [6.45, 7) is 4.49. The van der Waals surface area contributed by atoms with Crippen molar-refractivity contribution in [2.24, 2.45) is 0 Å². The zero-order valence-electron chi connectivity index (χ0n) is 16.2. The molecule has 3 heterocycles. The summed E-state index contributed by atoms with van der Waals surface area (Å²) < 4.78 is 43.8. The van der Waals surface area contributed by atoms with E-state index in [2.05, 4.69) is 20.7 Å². The summed E-state index contributed by atoms with van der Waals surface area (Å²) in [6, 6.07) is 4.42. The summed E-state index contributed by atoms with van der Waals surface area (Å²) in [6.07, 6.45) is 4.18. The van der Waals surface area contributed by atoms with Crippen molar-refractivity contribution in [1.29, 1.82) is 0 Å². The standard InChI is InChI=1S/C21H22F3N5/c1-12-6-20(13(2)5-17(12)22)29-11-14(8-27-29)16-7-15(9-26-21(16)24)28-19-3-4-25-10-18(19)23/h5-9,11,18-19,25,28H,3-4,10H2,1-2H3. The molecule has 29 heavy (non-hydrogen) atoms. The fraction of sp³-hybridized carbons (Fsp3) is 0.333. The number of aryl methyl sites for hydroxylation is 2. The second kappa shape index (κ2) is 7.87. The van der Waals surface area contributed by atoms with Gasteiger partial charge >= 0.3 is 0 Å². The van der Waals surface area contributed by atoms with Crippen LogP contribution in [0.15, 0.2) is 36.8 Å². The number of hydrogen-bond donors (Lipinski definition) is 2. The first-order chi connectivity index (χ1) is 13.9.